The normalized spacial score (nSPS) is 10.8. The quantitative estimate of drug-likeness (QED) is 0.749. The van der Waals surface area contributed by atoms with Crippen molar-refractivity contribution in [2.75, 3.05) is 0 Å². The third-order valence-corrected chi connectivity index (χ3v) is 3.60. The molecule has 0 saturated carbocycles. The van der Waals surface area contributed by atoms with Gasteiger partial charge >= 0.3 is 0 Å². The largest absolute Gasteiger partial charge is 0.338 e. The zero-order valence-corrected chi connectivity index (χ0v) is 11.4. The minimum absolute atomic E-state index is 0.122. The van der Waals surface area contributed by atoms with Crippen molar-refractivity contribution in [3.63, 3.8) is 0 Å². The molecule has 0 aliphatic heterocycles. The van der Waals surface area contributed by atoms with Gasteiger partial charge in [0, 0.05) is 32.3 Å². The molecule has 0 radical (unpaired) electrons. The highest BCUT2D eigenvalue weighted by Crippen LogP contribution is 2.16. The van der Waals surface area contributed by atoms with Crippen LogP contribution in [0.15, 0.2) is 12.4 Å². The van der Waals surface area contributed by atoms with Gasteiger partial charge in [-0.05, 0) is 18.0 Å². The van der Waals surface area contributed by atoms with Gasteiger partial charge in [-0.2, -0.15) is 0 Å². The summed E-state index contributed by atoms with van der Waals surface area (Å²) in [5, 5.41) is 4.02. The molecule has 0 bridgehead atoms. The molecule has 0 amide bonds. The molecular weight excluding hydrogens is 248 g/mol. The monoisotopic (exact) mass is 264 g/mol. The molecule has 0 fully saturated rings. The van der Waals surface area contributed by atoms with Gasteiger partial charge in [-0.3, -0.25) is 4.79 Å². The summed E-state index contributed by atoms with van der Waals surface area (Å²) in [4.78, 5) is 17.0. The fourth-order valence-electron chi connectivity index (χ4n) is 1.80. The summed E-state index contributed by atoms with van der Waals surface area (Å²) in [6.07, 6.45) is 6.55. The van der Waals surface area contributed by atoms with Crippen LogP contribution in [0.25, 0.3) is 0 Å². The van der Waals surface area contributed by atoms with Crippen LogP contribution in [-0.4, -0.2) is 24.9 Å². The highest BCUT2D eigenvalue weighted by molar-refractivity contribution is 7.08. The van der Waals surface area contributed by atoms with Gasteiger partial charge in [0.1, 0.15) is 10.7 Å². The summed E-state index contributed by atoms with van der Waals surface area (Å²) < 4.78 is 5.81. The maximum absolute atomic E-state index is 12.1. The third-order valence-electron chi connectivity index (χ3n) is 2.79. The van der Waals surface area contributed by atoms with Crippen molar-refractivity contribution in [1.29, 1.82) is 0 Å². The highest BCUT2D eigenvalue weighted by atomic mass is 32.1. The van der Waals surface area contributed by atoms with E-state index in [1.165, 1.54) is 11.5 Å². The topological polar surface area (TPSA) is 60.7 Å². The van der Waals surface area contributed by atoms with Crippen LogP contribution < -0.4 is 0 Å². The fraction of sp³-hybridized carbons (Fsp3) is 0.500. The minimum Gasteiger partial charge on any atom is -0.338 e. The van der Waals surface area contributed by atoms with Gasteiger partial charge in [0.25, 0.3) is 0 Å². The van der Waals surface area contributed by atoms with Crippen molar-refractivity contribution < 1.29 is 4.79 Å². The summed E-state index contributed by atoms with van der Waals surface area (Å²) in [6, 6.07) is 0. The van der Waals surface area contributed by atoms with Crippen LogP contribution in [0.4, 0.5) is 0 Å². The SMILES string of the molecule is CCCc1nnsc1C(=O)CCc1nccn1C. The zero-order chi connectivity index (χ0) is 13.0. The molecule has 2 aromatic rings. The first kappa shape index (κ1) is 12.9. The Labute approximate surface area is 110 Å². The molecule has 2 aromatic heterocycles. The molecule has 0 atom stereocenters. The van der Waals surface area contributed by atoms with Gasteiger partial charge in [0.2, 0.25) is 0 Å². The van der Waals surface area contributed by atoms with E-state index >= 15 is 0 Å². The second-order valence-corrected chi connectivity index (χ2v) is 4.93. The molecule has 96 valence electrons. The highest BCUT2D eigenvalue weighted by Gasteiger charge is 2.16. The molecule has 0 spiro atoms. The van der Waals surface area contributed by atoms with Crippen molar-refractivity contribution in [3.8, 4) is 0 Å². The van der Waals surface area contributed by atoms with Crippen molar-refractivity contribution in [1.82, 2.24) is 19.1 Å². The van der Waals surface area contributed by atoms with Crippen LogP contribution in [0, 0.1) is 0 Å². The third kappa shape index (κ3) is 2.81. The number of hydrogen-bond acceptors (Lipinski definition) is 5. The first-order valence-electron chi connectivity index (χ1n) is 6.03. The second kappa shape index (κ2) is 5.86. The van der Waals surface area contributed by atoms with E-state index in [-0.39, 0.29) is 5.78 Å². The van der Waals surface area contributed by atoms with Gasteiger partial charge in [-0.25, -0.2) is 4.98 Å². The van der Waals surface area contributed by atoms with Gasteiger partial charge in [0.15, 0.2) is 5.78 Å². The van der Waals surface area contributed by atoms with Crippen molar-refractivity contribution in [2.24, 2.45) is 7.05 Å². The van der Waals surface area contributed by atoms with E-state index in [9.17, 15) is 4.79 Å². The molecule has 18 heavy (non-hydrogen) atoms. The van der Waals surface area contributed by atoms with Crippen LogP contribution in [0.3, 0.4) is 0 Å². The fourth-order valence-corrected chi connectivity index (χ4v) is 2.47. The maximum Gasteiger partial charge on any atom is 0.176 e. The second-order valence-electron chi connectivity index (χ2n) is 4.18. The first-order valence-corrected chi connectivity index (χ1v) is 6.80. The van der Waals surface area contributed by atoms with Crippen LogP contribution in [-0.2, 0) is 19.9 Å². The lowest BCUT2D eigenvalue weighted by Crippen LogP contribution is -2.05. The number of nitrogens with zero attached hydrogens (tertiary/aromatic N) is 4. The summed E-state index contributed by atoms with van der Waals surface area (Å²) in [7, 11) is 1.93. The molecule has 0 aliphatic carbocycles. The van der Waals surface area contributed by atoms with Crippen LogP contribution in [0.1, 0.15) is 41.0 Å². The average Bonchev–Trinajstić information content (AvgIpc) is 2.96. The lowest BCUT2D eigenvalue weighted by molar-refractivity contribution is 0.0985. The number of rotatable bonds is 6. The predicted octanol–water partition coefficient (Wildman–Crippen LogP) is 2.04. The summed E-state index contributed by atoms with van der Waals surface area (Å²) in [6.45, 7) is 2.07. The Balaban J connectivity index is 1.99. The minimum atomic E-state index is 0.122. The van der Waals surface area contributed by atoms with E-state index in [2.05, 4.69) is 21.5 Å². The number of Topliss-reactive ketones (excluding diaryl/α,β-unsaturated/α-hetero) is 1. The van der Waals surface area contributed by atoms with Crippen LogP contribution in [0.5, 0.6) is 0 Å². The van der Waals surface area contributed by atoms with Gasteiger partial charge in [-0.1, -0.05) is 17.8 Å². The molecule has 5 nitrogen and oxygen atoms in total. The Hall–Kier alpha value is -1.56. The Bertz CT molecular complexity index is 532. The van der Waals surface area contributed by atoms with Crippen molar-refractivity contribution in [2.45, 2.75) is 32.6 Å². The van der Waals surface area contributed by atoms with Crippen molar-refractivity contribution >= 4 is 17.3 Å². The van der Waals surface area contributed by atoms with Crippen LogP contribution >= 0.6 is 11.5 Å². The Kier molecular flexibility index (Phi) is 4.19. The Morgan fingerprint density at radius 1 is 1.44 bits per heavy atom. The van der Waals surface area contributed by atoms with Crippen LogP contribution in [0.2, 0.25) is 0 Å². The predicted molar refractivity (Wildman–Crippen MR) is 69.8 cm³/mol. The molecular formula is C12H16N4OS. The Morgan fingerprint density at radius 2 is 2.28 bits per heavy atom. The van der Waals surface area contributed by atoms with Crippen molar-refractivity contribution in [3.05, 3.63) is 28.8 Å². The molecule has 2 heterocycles. The number of aromatic nitrogens is 4. The summed E-state index contributed by atoms with van der Waals surface area (Å²) in [5.74, 6) is 1.05. The summed E-state index contributed by atoms with van der Waals surface area (Å²) >= 11 is 1.20. The molecule has 0 unspecified atom stereocenters. The van der Waals surface area contributed by atoms with E-state index in [0.29, 0.717) is 17.7 Å². The van der Waals surface area contributed by atoms with E-state index in [1.807, 2.05) is 17.8 Å². The molecule has 6 heteroatoms. The van der Waals surface area contributed by atoms with E-state index in [1.54, 1.807) is 6.20 Å². The lowest BCUT2D eigenvalue weighted by atomic mass is 10.1. The van der Waals surface area contributed by atoms with E-state index < -0.39 is 0 Å². The molecule has 0 aromatic carbocycles. The first-order chi connectivity index (χ1) is 8.72. The van der Waals surface area contributed by atoms with E-state index in [0.717, 1.165) is 24.4 Å². The lowest BCUT2D eigenvalue weighted by Gasteiger charge is -2.01. The number of ketones is 1. The standard InChI is InChI=1S/C12H16N4OS/c1-3-4-9-12(18-15-14-9)10(17)5-6-11-13-7-8-16(11)2/h7-8H,3-6H2,1-2H3. The zero-order valence-electron chi connectivity index (χ0n) is 10.6. The smallest absolute Gasteiger partial charge is 0.176 e. The summed E-state index contributed by atoms with van der Waals surface area (Å²) in [5.41, 5.74) is 0.840. The number of hydrogen-bond donors (Lipinski definition) is 0. The molecule has 0 aliphatic rings. The number of aryl methyl sites for hydroxylation is 3. The van der Waals surface area contributed by atoms with E-state index in [4.69, 9.17) is 0 Å². The number of carbonyl (C=O) groups is 1. The molecule has 0 N–H and O–H groups in total. The number of carbonyl (C=O) groups excluding carboxylic acids is 1. The van der Waals surface area contributed by atoms with Gasteiger partial charge in [0.05, 0.1) is 5.69 Å². The number of imidazole rings is 1. The maximum atomic E-state index is 12.1. The van der Waals surface area contributed by atoms with Gasteiger partial charge in [-0.15, -0.1) is 5.10 Å². The van der Waals surface area contributed by atoms with Gasteiger partial charge < -0.3 is 4.57 Å². The Morgan fingerprint density at radius 3 is 2.94 bits per heavy atom. The molecule has 0 saturated heterocycles. The average molecular weight is 264 g/mol. The molecule has 2 rings (SSSR count).